The Labute approximate surface area is 209 Å². The lowest BCUT2D eigenvalue weighted by Crippen LogP contribution is -2.31. The molecule has 0 radical (unpaired) electrons. The number of rotatable bonds is 8. The van der Waals surface area contributed by atoms with Crippen molar-refractivity contribution in [3.05, 3.63) is 95.1 Å². The van der Waals surface area contributed by atoms with Crippen LogP contribution < -0.4 is 14.2 Å². The topological polar surface area (TPSA) is 85.3 Å². The zero-order valence-electron chi connectivity index (χ0n) is 20.1. The van der Waals surface area contributed by atoms with Crippen molar-refractivity contribution in [2.24, 2.45) is 0 Å². The fraction of sp³-hybridized carbons (Fsp3) is 0.241. The maximum Gasteiger partial charge on any atom is 0.295 e. The molecule has 2 aliphatic rings. The molecule has 1 N–H and O–H groups in total. The van der Waals surface area contributed by atoms with Gasteiger partial charge in [-0.05, 0) is 54.8 Å². The number of nitrogens with zero attached hydrogens (tertiary/aromatic N) is 1. The van der Waals surface area contributed by atoms with Crippen molar-refractivity contribution >= 4 is 17.4 Å². The van der Waals surface area contributed by atoms with Crippen molar-refractivity contribution in [3.63, 3.8) is 0 Å². The first-order valence-electron chi connectivity index (χ1n) is 11.8. The number of likely N-dealkylation sites (tertiary alicyclic amines) is 1. The number of benzene rings is 3. The summed E-state index contributed by atoms with van der Waals surface area (Å²) in [4.78, 5) is 28.0. The average Bonchev–Trinajstić information content (AvgIpc) is 3.73. The second-order valence-corrected chi connectivity index (χ2v) is 8.84. The number of ether oxygens (including phenoxy) is 3. The Kier molecular flexibility index (Phi) is 6.38. The third-order valence-electron chi connectivity index (χ3n) is 6.52. The van der Waals surface area contributed by atoms with Crippen LogP contribution in [0.1, 0.15) is 35.6 Å². The van der Waals surface area contributed by atoms with E-state index in [9.17, 15) is 14.7 Å². The highest BCUT2D eigenvalue weighted by Gasteiger charge is 2.51. The van der Waals surface area contributed by atoms with Gasteiger partial charge in [0.05, 0.1) is 25.8 Å². The van der Waals surface area contributed by atoms with Gasteiger partial charge in [0.15, 0.2) is 0 Å². The Balaban J connectivity index is 1.58. The summed E-state index contributed by atoms with van der Waals surface area (Å²) in [5.74, 6) is 0.378. The van der Waals surface area contributed by atoms with Gasteiger partial charge in [-0.3, -0.25) is 9.59 Å². The molecular formula is C29H27NO6. The van der Waals surface area contributed by atoms with Gasteiger partial charge in [-0.1, -0.05) is 36.4 Å². The molecule has 184 valence electrons. The average molecular weight is 486 g/mol. The Morgan fingerprint density at radius 1 is 0.917 bits per heavy atom. The van der Waals surface area contributed by atoms with Crippen molar-refractivity contribution in [1.29, 1.82) is 0 Å². The van der Waals surface area contributed by atoms with Gasteiger partial charge in [-0.25, -0.2) is 0 Å². The van der Waals surface area contributed by atoms with Gasteiger partial charge >= 0.3 is 0 Å². The van der Waals surface area contributed by atoms with E-state index in [-0.39, 0.29) is 24.0 Å². The van der Waals surface area contributed by atoms with Gasteiger partial charge in [-0.2, -0.15) is 0 Å². The minimum atomic E-state index is -0.718. The number of para-hydroxylation sites is 1. The molecule has 1 saturated heterocycles. The first-order chi connectivity index (χ1) is 17.5. The van der Waals surface area contributed by atoms with Crippen LogP contribution in [0.25, 0.3) is 5.76 Å². The van der Waals surface area contributed by atoms with E-state index >= 15 is 0 Å². The molecule has 0 spiro atoms. The zero-order chi connectivity index (χ0) is 25.2. The van der Waals surface area contributed by atoms with Crippen LogP contribution in [0.15, 0.2) is 78.4 Å². The Bertz CT molecular complexity index is 1330. The predicted molar refractivity (Wildman–Crippen MR) is 134 cm³/mol. The number of hydrogen-bond acceptors (Lipinski definition) is 6. The normalized spacial score (nSPS) is 18.8. The summed E-state index contributed by atoms with van der Waals surface area (Å²) >= 11 is 0. The lowest BCUT2D eigenvalue weighted by atomic mass is 9.94. The van der Waals surface area contributed by atoms with Crippen molar-refractivity contribution in [2.75, 3.05) is 14.2 Å². The minimum absolute atomic E-state index is 0.0341. The molecule has 1 saturated carbocycles. The monoisotopic (exact) mass is 485 g/mol. The molecule has 7 nitrogen and oxygen atoms in total. The smallest absolute Gasteiger partial charge is 0.295 e. The third kappa shape index (κ3) is 4.40. The number of hydrogen-bond donors (Lipinski definition) is 1. The van der Waals surface area contributed by atoms with Crippen molar-refractivity contribution in [1.82, 2.24) is 4.90 Å². The number of ketones is 1. The van der Waals surface area contributed by atoms with Crippen LogP contribution >= 0.6 is 0 Å². The molecule has 1 unspecified atom stereocenters. The number of aliphatic hydroxyl groups is 1. The van der Waals surface area contributed by atoms with E-state index < -0.39 is 17.7 Å². The maximum absolute atomic E-state index is 13.2. The molecule has 5 rings (SSSR count). The van der Waals surface area contributed by atoms with Crippen molar-refractivity contribution in [2.45, 2.75) is 31.5 Å². The molecule has 3 aromatic carbocycles. The number of aliphatic hydroxyl groups excluding tert-OH is 1. The highest BCUT2D eigenvalue weighted by Crippen LogP contribution is 2.46. The first-order valence-corrected chi connectivity index (χ1v) is 11.8. The summed E-state index contributed by atoms with van der Waals surface area (Å²) in [6.45, 7) is 0.236. The van der Waals surface area contributed by atoms with Crippen molar-refractivity contribution in [3.8, 4) is 17.2 Å². The van der Waals surface area contributed by atoms with Crippen LogP contribution in [0.5, 0.6) is 17.2 Å². The maximum atomic E-state index is 13.2. The van der Waals surface area contributed by atoms with Gasteiger partial charge in [0.25, 0.3) is 11.7 Å². The van der Waals surface area contributed by atoms with E-state index in [1.54, 1.807) is 42.3 Å². The van der Waals surface area contributed by atoms with Gasteiger partial charge in [-0.15, -0.1) is 0 Å². The number of carbonyl (C=O) groups is 2. The molecule has 1 aliphatic carbocycles. The highest BCUT2D eigenvalue weighted by molar-refractivity contribution is 6.46. The summed E-state index contributed by atoms with van der Waals surface area (Å²) < 4.78 is 16.8. The van der Waals surface area contributed by atoms with Gasteiger partial charge in [0.1, 0.15) is 29.6 Å². The van der Waals surface area contributed by atoms with E-state index in [1.807, 2.05) is 42.5 Å². The first kappa shape index (κ1) is 23.5. The third-order valence-corrected chi connectivity index (χ3v) is 6.52. The lowest BCUT2D eigenvalue weighted by molar-refractivity contribution is -0.140. The molecule has 1 heterocycles. The largest absolute Gasteiger partial charge is 0.507 e. The summed E-state index contributed by atoms with van der Waals surface area (Å²) in [5, 5.41) is 11.3. The number of amides is 1. The Morgan fingerprint density at radius 3 is 2.36 bits per heavy atom. The Hall–Kier alpha value is -4.26. The summed E-state index contributed by atoms with van der Waals surface area (Å²) in [7, 11) is 3.11. The fourth-order valence-electron chi connectivity index (χ4n) is 4.59. The summed E-state index contributed by atoms with van der Waals surface area (Å²) in [5.41, 5.74) is 1.95. The molecule has 1 aliphatic heterocycles. The highest BCUT2D eigenvalue weighted by atomic mass is 16.5. The molecule has 7 heteroatoms. The quantitative estimate of drug-likeness (QED) is 0.278. The van der Waals surface area contributed by atoms with Gasteiger partial charge in [0.2, 0.25) is 0 Å². The molecular weight excluding hydrogens is 458 g/mol. The fourth-order valence-corrected chi connectivity index (χ4v) is 4.59. The lowest BCUT2D eigenvalue weighted by Gasteiger charge is -2.26. The minimum Gasteiger partial charge on any atom is -0.507 e. The molecule has 2 fully saturated rings. The van der Waals surface area contributed by atoms with Crippen LogP contribution in [-0.2, 0) is 16.2 Å². The van der Waals surface area contributed by atoms with E-state index in [4.69, 9.17) is 14.2 Å². The number of Topliss-reactive ketones (excluding diaryl/α,β-unsaturated/α-hetero) is 1. The summed E-state index contributed by atoms with van der Waals surface area (Å²) in [6, 6.07) is 21.0. The van der Waals surface area contributed by atoms with E-state index in [0.29, 0.717) is 28.4 Å². The van der Waals surface area contributed by atoms with E-state index in [2.05, 4.69) is 0 Å². The summed E-state index contributed by atoms with van der Waals surface area (Å²) in [6.07, 6.45) is 1.64. The SMILES string of the molecule is COc1cccc(/C(O)=C2\C(=O)C(=O)N(C3CC3)C2c2ccc(OC)c(COc3ccccc3)c2)c1. The van der Waals surface area contributed by atoms with E-state index in [0.717, 1.165) is 18.4 Å². The van der Waals surface area contributed by atoms with Gasteiger partial charge in [0, 0.05) is 17.2 Å². The Morgan fingerprint density at radius 2 is 1.67 bits per heavy atom. The van der Waals surface area contributed by atoms with Crippen LogP contribution in [0.2, 0.25) is 0 Å². The van der Waals surface area contributed by atoms with Gasteiger partial charge < -0.3 is 24.2 Å². The number of methoxy groups -OCH3 is 2. The van der Waals surface area contributed by atoms with Crippen molar-refractivity contribution < 1.29 is 28.9 Å². The molecule has 1 atom stereocenters. The molecule has 0 bridgehead atoms. The number of carbonyl (C=O) groups excluding carboxylic acids is 2. The van der Waals surface area contributed by atoms with Crippen LogP contribution in [-0.4, -0.2) is 42.0 Å². The zero-order valence-corrected chi connectivity index (χ0v) is 20.1. The second kappa shape index (κ2) is 9.77. The molecule has 1 amide bonds. The molecule has 36 heavy (non-hydrogen) atoms. The molecule has 0 aromatic heterocycles. The van der Waals surface area contributed by atoms with Crippen LogP contribution in [0.3, 0.4) is 0 Å². The van der Waals surface area contributed by atoms with Crippen LogP contribution in [0, 0.1) is 0 Å². The van der Waals surface area contributed by atoms with E-state index in [1.165, 1.54) is 7.11 Å². The molecule has 3 aromatic rings. The second-order valence-electron chi connectivity index (χ2n) is 8.84. The predicted octanol–water partition coefficient (Wildman–Crippen LogP) is 4.87. The standard InChI is InChI=1S/C29H27NO6/c1-34-23-10-6-7-19(16-23)27(31)25-26(30(21-12-13-21)29(33)28(25)32)18-11-14-24(35-2)20(15-18)17-36-22-8-4-3-5-9-22/h3-11,14-16,21,26,31H,12-13,17H2,1-2H3/b27-25+. The van der Waals surface area contributed by atoms with Crippen LogP contribution in [0.4, 0.5) is 0 Å².